The number of fused-ring (bicyclic) bond motifs is 1. The highest BCUT2D eigenvalue weighted by atomic mass is 35.5. The summed E-state index contributed by atoms with van der Waals surface area (Å²) in [4.78, 5) is 0. The Hall–Kier alpha value is -1.25. The van der Waals surface area contributed by atoms with Crippen LogP contribution in [0.2, 0.25) is 10.0 Å². The molecule has 0 amide bonds. The molecule has 1 atom stereocenters. The second-order valence-corrected chi connectivity index (χ2v) is 5.88. The van der Waals surface area contributed by atoms with Crippen LogP contribution >= 0.6 is 23.2 Å². The molecule has 0 saturated carbocycles. The van der Waals surface area contributed by atoms with Gasteiger partial charge in [-0.2, -0.15) is 0 Å². The Labute approximate surface area is 134 Å². The van der Waals surface area contributed by atoms with Crippen molar-refractivity contribution in [3.8, 4) is 5.75 Å². The third kappa shape index (κ3) is 4.36. The smallest absolute Gasteiger partial charge is 0.123 e. The summed E-state index contributed by atoms with van der Waals surface area (Å²) in [5.41, 5.74) is 2.01. The number of rotatable bonds is 0. The predicted molar refractivity (Wildman–Crippen MR) is 86.0 cm³/mol. The maximum absolute atomic E-state index is 12.7. The zero-order valence-corrected chi connectivity index (χ0v) is 13.5. The Morgan fingerprint density at radius 3 is 2.62 bits per heavy atom. The van der Waals surface area contributed by atoms with Crippen LogP contribution in [0.5, 0.6) is 5.75 Å². The minimum absolute atomic E-state index is 0.174. The molecule has 0 bridgehead atoms. The molecule has 1 nitrogen and oxygen atoms in total. The summed E-state index contributed by atoms with van der Waals surface area (Å²) in [5.74, 6) is 0.669. The van der Waals surface area contributed by atoms with Gasteiger partial charge in [0.05, 0.1) is 16.1 Å². The zero-order chi connectivity index (χ0) is 15.4. The molecule has 3 rings (SSSR count). The summed E-state index contributed by atoms with van der Waals surface area (Å²) in [7, 11) is 0. The molecule has 1 aliphatic rings. The molecule has 2 aromatic carbocycles. The molecule has 112 valence electrons. The second-order valence-electron chi connectivity index (χ2n) is 5.09. The SMILES string of the molecule is CC1CCc2cc(F)ccc2O1.Cc1cccc(Cl)c1Cl. The highest BCUT2D eigenvalue weighted by molar-refractivity contribution is 6.42. The maximum atomic E-state index is 12.7. The van der Waals surface area contributed by atoms with Crippen molar-refractivity contribution in [3.05, 3.63) is 63.4 Å². The van der Waals surface area contributed by atoms with Gasteiger partial charge in [0.15, 0.2) is 0 Å². The minimum Gasteiger partial charge on any atom is -0.490 e. The second kappa shape index (κ2) is 7.15. The molecule has 0 spiro atoms. The van der Waals surface area contributed by atoms with Gasteiger partial charge in [0.1, 0.15) is 11.6 Å². The van der Waals surface area contributed by atoms with Crippen LogP contribution in [-0.2, 0) is 6.42 Å². The first kappa shape index (κ1) is 16.1. The molecule has 0 saturated heterocycles. The van der Waals surface area contributed by atoms with Crippen LogP contribution in [-0.4, -0.2) is 6.10 Å². The largest absolute Gasteiger partial charge is 0.490 e. The summed E-state index contributed by atoms with van der Waals surface area (Å²) in [6.07, 6.45) is 2.17. The molecule has 21 heavy (non-hydrogen) atoms. The summed E-state index contributed by atoms with van der Waals surface area (Å²) in [6, 6.07) is 10.3. The summed E-state index contributed by atoms with van der Waals surface area (Å²) in [5, 5.41) is 1.27. The van der Waals surface area contributed by atoms with Gasteiger partial charge in [-0.1, -0.05) is 35.3 Å². The van der Waals surface area contributed by atoms with Crippen molar-refractivity contribution >= 4 is 23.2 Å². The average molecular weight is 327 g/mol. The first-order valence-corrected chi connectivity index (χ1v) is 7.58. The standard InChI is InChI=1S/C10H11FO.C7H6Cl2/c1-7-2-3-8-6-9(11)4-5-10(8)12-7;1-5-3-2-4-6(8)7(5)9/h4-7H,2-3H2,1H3;2-4H,1H3. The van der Waals surface area contributed by atoms with Crippen molar-refractivity contribution in [3.63, 3.8) is 0 Å². The maximum Gasteiger partial charge on any atom is 0.123 e. The molecule has 2 aromatic rings. The van der Waals surface area contributed by atoms with Crippen LogP contribution in [0.25, 0.3) is 0 Å². The molecule has 0 aliphatic carbocycles. The Balaban J connectivity index is 0.000000161. The average Bonchev–Trinajstić information content (AvgIpc) is 2.46. The van der Waals surface area contributed by atoms with Gasteiger partial charge < -0.3 is 4.74 Å². The van der Waals surface area contributed by atoms with Gasteiger partial charge in [-0.25, -0.2) is 4.39 Å². The Kier molecular flexibility index (Phi) is 5.49. The number of hydrogen-bond acceptors (Lipinski definition) is 1. The summed E-state index contributed by atoms with van der Waals surface area (Å²) >= 11 is 11.4. The summed E-state index contributed by atoms with van der Waals surface area (Å²) < 4.78 is 18.3. The zero-order valence-electron chi connectivity index (χ0n) is 12.0. The van der Waals surface area contributed by atoms with E-state index in [1.165, 1.54) is 6.07 Å². The van der Waals surface area contributed by atoms with E-state index in [0.717, 1.165) is 29.7 Å². The molecule has 4 heteroatoms. The van der Waals surface area contributed by atoms with Crippen molar-refractivity contribution in [2.75, 3.05) is 0 Å². The quantitative estimate of drug-likeness (QED) is 0.590. The lowest BCUT2D eigenvalue weighted by molar-refractivity contribution is 0.192. The van der Waals surface area contributed by atoms with Gasteiger partial charge in [-0.15, -0.1) is 0 Å². The van der Waals surface area contributed by atoms with Gasteiger partial charge in [0.2, 0.25) is 0 Å². The van der Waals surface area contributed by atoms with Crippen molar-refractivity contribution < 1.29 is 9.13 Å². The lowest BCUT2D eigenvalue weighted by Gasteiger charge is -2.22. The van der Waals surface area contributed by atoms with Crippen LogP contribution in [0.3, 0.4) is 0 Å². The van der Waals surface area contributed by atoms with Gasteiger partial charge >= 0.3 is 0 Å². The lowest BCUT2D eigenvalue weighted by Crippen LogP contribution is -2.18. The van der Waals surface area contributed by atoms with Gasteiger partial charge in [0, 0.05) is 0 Å². The first-order valence-electron chi connectivity index (χ1n) is 6.83. The third-order valence-electron chi connectivity index (χ3n) is 3.32. The number of ether oxygens (including phenoxy) is 1. The minimum atomic E-state index is -0.174. The van der Waals surface area contributed by atoms with E-state index in [4.69, 9.17) is 27.9 Å². The Morgan fingerprint density at radius 1 is 1.19 bits per heavy atom. The van der Waals surface area contributed by atoms with E-state index < -0.39 is 0 Å². The van der Waals surface area contributed by atoms with Gasteiger partial charge in [0.25, 0.3) is 0 Å². The molecule has 0 fully saturated rings. The molecule has 1 unspecified atom stereocenters. The van der Waals surface area contributed by atoms with E-state index in [1.807, 2.05) is 26.0 Å². The Bertz CT molecular complexity index is 608. The molecular weight excluding hydrogens is 310 g/mol. The van der Waals surface area contributed by atoms with Gasteiger partial charge in [-0.3, -0.25) is 0 Å². The van der Waals surface area contributed by atoms with E-state index in [2.05, 4.69) is 0 Å². The number of halogens is 3. The van der Waals surface area contributed by atoms with E-state index in [9.17, 15) is 4.39 Å². The van der Waals surface area contributed by atoms with Crippen molar-refractivity contribution in [1.29, 1.82) is 0 Å². The van der Waals surface area contributed by atoms with Crippen molar-refractivity contribution in [2.45, 2.75) is 32.8 Å². The molecule has 0 N–H and O–H groups in total. The monoisotopic (exact) mass is 326 g/mol. The van der Waals surface area contributed by atoms with Crippen LogP contribution in [0.4, 0.5) is 4.39 Å². The van der Waals surface area contributed by atoms with Crippen molar-refractivity contribution in [1.82, 2.24) is 0 Å². The van der Waals surface area contributed by atoms with Crippen LogP contribution in [0.15, 0.2) is 36.4 Å². The molecule has 0 aromatic heterocycles. The van der Waals surface area contributed by atoms with Crippen LogP contribution in [0, 0.1) is 12.7 Å². The normalized spacial score (nSPS) is 16.3. The topological polar surface area (TPSA) is 9.23 Å². The number of aryl methyl sites for hydroxylation is 2. The Morgan fingerprint density at radius 2 is 1.95 bits per heavy atom. The highest BCUT2D eigenvalue weighted by Gasteiger charge is 2.15. The fourth-order valence-electron chi connectivity index (χ4n) is 2.10. The molecule has 1 aliphatic heterocycles. The molecule has 0 radical (unpaired) electrons. The predicted octanol–water partition coefficient (Wildman–Crippen LogP) is 5.84. The lowest BCUT2D eigenvalue weighted by atomic mass is 10.0. The number of benzene rings is 2. The fraction of sp³-hybridized carbons (Fsp3) is 0.294. The third-order valence-corrected chi connectivity index (χ3v) is 4.23. The fourth-order valence-corrected chi connectivity index (χ4v) is 2.45. The van der Waals surface area contributed by atoms with E-state index in [-0.39, 0.29) is 11.9 Å². The molecule has 1 heterocycles. The highest BCUT2D eigenvalue weighted by Crippen LogP contribution is 2.27. The van der Waals surface area contributed by atoms with Crippen LogP contribution < -0.4 is 4.74 Å². The molecular formula is C17H17Cl2FO. The summed E-state index contributed by atoms with van der Waals surface area (Å²) in [6.45, 7) is 3.96. The van der Waals surface area contributed by atoms with Gasteiger partial charge in [-0.05, 0) is 62.1 Å². The van der Waals surface area contributed by atoms with E-state index >= 15 is 0 Å². The van der Waals surface area contributed by atoms with Crippen molar-refractivity contribution in [2.24, 2.45) is 0 Å². The van der Waals surface area contributed by atoms with E-state index in [0.29, 0.717) is 10.0 Å². The number of hydrogen-bond donors (Lipinski definition) is 0. The van der Waals surface area contributed by atoms with Crippen LogP contribution in [0.1, 0.15) is 24.5 Å². The van der Waals surface area contributed by atoms with E-state index in [1.54, 1.807) is 18.2 Å². The first-order chi connectivity index (χ1) is 9.97.